The van der Waals surface area contributed by atoms with Crippen molar-refractivity contribution in [2.24, 2.45) is 0 Å². The average molecular weight is 477 g/mol. The fraction of sp³-hybridized carbons (Fsp3) is 0.393. The molecule has 0 fully saturated rings. The van der Waals surface area contributed by atoms with E-state index in [9.17, 15) is 9.59 Å². The lowest BCUT2D eigenvalue weighted by molar-refractivity contribution is -0.117. The van der Waals surface area contributed by atoms with E-state index in [2.05, 4.69) is 33.0 Å². The van der Waals surface area contributed by atoms with Gasteiger partial charge in [-0.25, -0.2) is 4.68 Å². The predicted molar refractivity (Wildman–Crippen MR) is 139 cm³/mol. The van der Waals surface area contributed by atoms with Gasteiger partial charge < -0.3 is 15.0 Å². The number of nitrogens with one attached hydrogen (secondary N) is 1. The van der Waals surface area contributed by atoms with Crippen molar-refractivity contribution in [3.8, 4) is 11.4 Å². The molecule has 0 aliphatic heterocycles. The normalized spacial score (nSPS) is 11.3. The van der Waals surface area contributed by atoms with Gasteiger partial charge in [-0.2, -0.15) is 5.10 Å². The number of rotatable bonds is 9. The Balaban J connectivity index is 1.89. The lowest BCUT2D eigenvalue weighted by Gasteiger charge is -2.23. The Hall–Kier alpha value is -3.61. The van der Waals surface area contributed by atoms with Crippen molar-refractivity contribution in [1.82, 2.24) is 14.7 Å². The quantitative estimate of drug-likeness (QED) is 0.451. The van der Waals surface area contributed by atoms with Crippen LogP contribution in [0, 0.1) is 6.92 Å². The van der Waals surface area contributed by atoms with Gasteiger partial charge in [0.25, 0.3) is 5.91 Å². The Morgan fingerprint density at radius 3 is 2.43 bits per heavy atom. The molecule has 0 spiro atoms. The number of hydrogen-bond donors (Lipinski definition) is 1. The SMILES string of the molecule is CCCCN(CC(=O)Nc1cc(C(C)(C)C)nn1-c1ccccc1C)C(=O)c1ccccc1OC. The molecule has 0 aliphatic carbocycles. The number of nitrogens with zero attached hydrogens (tertiary/aromatic N) is 3. The fourth-order valence-electron chi connectivity index (χ4n) is 3.77. The van der Waals surface area contributed by atoms with Gasteiger partial charge in [-0.1, -0.05) is 64.4 Å². The molecular weight excluding hydrogens is 440 g/mol. The van der Waals surface area contributed by atoms with E-state index in [1.54, 1.807) is 27.8 Å². The molecule has 1 aromatic heterocycles. The Morgan fingerprint density at radius 2 is 1.77 bits per heavy atom. The number of hydrogen-bond acceptors (Lipinski definition) is 4. The molecule has 0 bridgehead atoms. The van der Waals surface area contributed by atoms with Gasteiger partial charge in [0, 0.05) is 18.0 Å². The summed E-state index contributed by atoms with van der Waals surface area (Å²) < 4.78 is 7.14. The first-order chi connectivity index (χ1) is 16.7. The van der Waals surface area contributed by atoms with Crippen LogP contribution >= 0.6 is 0 Å². The third-order valence-corrected chi connectivity index (χ3v) is 5.83. The first kappa shape index (κ1) is 26.0. The van der Waals surface area contributed by atoms with Gasteiger partial charge in [0.1, 0.15) is 18.1 Å². The summed E-state index contributed by atoms with van der Waals surface area (Å²) in [4.78, 5) is 28.1. The summed E-state index contributed by atoms with van der Waals surface area (Å²) in [6.45, 7) is 10.7. The van der Waals surface area contributed by atoms with Gasteiger partial charge in [-0.05, 0) is 37.1 Å². The number of para-hydroxylation sites is 2. The molecule has 3 aromatic rings. The Bertz CT molecular complexity index is 1180. The number of aromatic nitrogens is 2. The molecule has 35 heavy (non-hydrogen) atoms. The minimum Gasteiger partial charge on any atom is -0.496 e. The van der Waals surface area contributed by atoms with Crippen molar-refractivity contribution in [3.63, 3.8) is 0 Å². The second kappa shape index (κ2) is 11.2. The zero-order valence-electron chi connectivity index (χ0n) is 21.6. The van der Waals surface area contributed by atoms with Crippen molar-refractivity contribution >= 4 is 17.6 Å². The van der Waals surface area contributed by atoms with Crippen LogP contribution in [0.4, 0.5) is 5.82 Å². The van der Waals surface area contributed by atoms with Crippen LogP contribution in [0.3, 0.4) is 0 Å². The zero-order valence-corrected chi connectivity index (χ0v) is 21.6. The van der Waals surface area contributed by atoms with E-state index in [0.29, 0.717) is 23.7 Å². The first-order valence-corrected chi connectivity index (χ1v) is 12.0. The number of anilines is 1. The molecule has 7 heteroatoms. The molecule has 3 rings (SSSR count). The molecule has 1 N–H and O–H groups in total. The molecule has 0 radical (unpaired) electrons. The molecule has 1 heterocycles. The minimum absolute atomic E-state index is 0.0688. The Morgan fingerprint density at radius 1 is 1.09 bits per heavy atom. The van der Waals surface area contributed by atoms with Crippen LogP contribution in [0.2, 0.25) is 0 Å². The summed E-state index contributed by atoms with van der Waals surface area (Å²) in [5.41, 5.74) is 3.05. The lowest BCUT2D eigenvalue weighted by Crippen LogP contribution is -2.39. The zero-order chi connectivity index (χ0) is 25.6. The number of methoxy groups -OCH3 is 1. The highest BCUT2D eigenvalue weighted by Crippen LogP contribution is 2.27. The van der Waals surface area contributed by atoms with E-state index in [4.69, 9.17) is 9.84 Å². The van der Waals surface area contributed by atoms with Crippen molar-refractivity contribution in [2.75, 3.05) is 25.5 Å². The Kier molecular flexibility index (Phi) is 8.33. The summed E-state index contributed by atoms with van der Waals surface area (Å²) in [5.74, 6) is 0.564. The third-order valence-electron chi connectivity index (χ3n) is 5.83. The largest absolute Gasteiger partial charge is 0.496 e. The summed E-state index contributed by atoms with van der Waals surface area (Å²) in [7, 11) is 1.54. The summed E-state index contributed by atoms with van der Waals surface area (Å²) in [5, 5.41) is 7.81. The number of carbonyl (C=O) groups excluding carboxylic acids is 2. The van der Waals surface area contributed by atoms with Gasteiger partial charge in [0.2, 0.25) is 5.91 Å². The highest BCUT2D eigenvalue weighted by atomic mass is 16.5. The summed E-state index contributed by atoms with van der Waals surface area (Å²) in [6, 6.07) is 16.9. The molecule has 7 nitrogen and oxygen atoms in total. The van der Waals surface area contributed by atoms with E-state index in [-0.39, 0.29) is 23.8 Å². The maximum atomic E-state index is 13.3. The van der Waals surface area contributed by atoms with Crippen molar-refractivity contribution in [1.29, 1.82) is 0 Å². The number of aryl methyl sites for hydroxylation is 1. The van der Waals surface area contributed by atoms with Crippen LogP contribution in [0.25, 0.3) is 5.69 Å². The van der Waals surface area contributed by atoms with Gasteiger partial charge in [0.15, 0.2) is 0 Å². The molecule has 0 aliphatic rings. The van der Waals surface area contributed by atoms with E-state index in [1.807, 2.05) is 43.3 Å². The van der Waals surface area contributed by atoms with Crippen LogP contribution in [-0.4, -0.2) is 46.7 Å². The van der Waals surface area contributed by atoms with Gasteiger partial charge >= 0.3 is 0 Å². The number of unbranched alkanes of at least 4 members (excludes halogenated alkanes) is 1. The number of ether oxygens (including phenoxy) is 1. The fourth-order valence-corrected chi connectivity index (χ4v) is 3.77. The third kappa shape index (κ3) is 6.29. The second-order valence-electron chi connectivity index (χ2n) is 9.69. The van der Waals surface area contributed by atoms with Crippen LogP contribution in [0.1, 0.15) is 62.2 Å². The van der Waals surface area contributed by atoms with Crippen molar-refractivity contribution < 1.29 is 14.3 Å². The standard InChI is InChI=1S/C28H36N4O3/c1-7-8-17-31(27(34)21-14-10-12-16-23(21)35-6)19-26(33)29-25-18-24(28(3,4)5)30-32(25)22-15-11-9-13-20(22)2/h9-16,18H,7-8,17,19H2,1-6H3,(H,29,33). The van der Waals surface area contributed by atoms with Gasteiger partial charge in [0.05, 0.1) is 24.1 Å². The van der Waals surface area contributed by atoms with E-state index < -0.39 is 0 Å². The summed E-state index contributed by atoms with van der Waals surface area (Å²) in [6.07, 6.45) is 1.70. The molecule has 0 atom stereocenters. The monoisotopic (exact) mass is 476 g/mol. The smallest absolute Gasteiger partial charge is 0.258 e. The van der Waals surface area contributed by atoms with Crippen molar-refractivity contribution in [2.45, 2.75) is 52.9 Å². The van der Waals surface area contributed by atoms with Crippen LogP contribution in [0.5, 0.6) is 5.75 Å². The summed E-state index contributed by atoms with van der Waals surface area (Å²) >= 11 is 0. The first-order valence-electron chi connectivity index (χ1n) is 12.0. The highest BCUT2D eigenvalue weighted by molar-refractivity contribution is 6.00. The minimum atomic E-state index is -0.278. The van der Waals surface area contributed by atoms with Gasteiger partial charge in [-0.15, -0.1) is 0 Å². The van der Waals surface area contributed by atoms with Crippen LogP contribution in [-0.2, 0) is 10.2 Å². The molecule has 2 aromatic carbocycles. The molecule has 0 unspecified atom stereocenters. The Labute approximate surface area is 208 Å². The molecule has 2 amide bonds. The van der Waals surface area contributed by atoms with E-state index >= 15 is 0 Å². The van der Waals surface area contributed by atoms with Crippen LogP contribution < -0.4 is 10.1 Å². The molecule has 0 saturated carbocycles. The lowest BCUT2D eigenvalue weighted by atomic mass is 9.92. The van der Waals surface area contributed by atoms with E-state index in [1.165, 1.54) is 7.11 Å². The maximum Gasteiger partial charge on any atom is 0.258 e. The maximum absolute atomic E-state index is 13.3. The highest BCUT2D eigenvalue weighted by Gasteiger charge is 2.24. The molecule has 0 saturated heterocycles. The molecular formula is C28H36N4O3. The van der Waals surface area contributed by atoms with Gasteiger partial charge in [-0.3, -0.25) is 9.59 Å². The number of amides is 2. The predicted octanol–water partition coefficient (Wildman–Crippen LogP) is 5.37. The number of benzene rings is 2. The average Bonchev–Trinajstić information content (AvgIpc) is 3.25. The topological polar surface area (TPSA) is 76.5 Å². The van der Waals surface area contributed by atoms with E-state index in [0.717, 1.165) is 29.8 Å². The second-order valence-corrected chi connectivity index (χ2v) is 9.69. The van der Waals surface area contributed by atoms with Crippen molar-refractivity contribution in [3.05, 3.63) is 71.4 Å². The van der Waals surface area contributed by atoms with Crippen LogP contribution in [0.15, 0.2) is 54.6 Å². The number of carbonyl (C=O) groups is 2. The molecule has 186 valence electrons.